The van der Waals surface area contributed by atoms with Crippen molar-refractivity contribution in [3.63, 3.8) is 0 Å². The number of hydrogen-bond donors (Lipinski definition) is 0. The maximum absolute atomic E-state index is 13.5. The fraction of sp³-hybridized carbons (Fsp3) is 0.400. The highest BCUT2D eigenvalue weighted by atomic mass is 19.2. The SMILES string of the molecule is CC(c1ccc(F)c(F)c1)N(C)C(=O)C1CCN(C(=O)c2ccoc2)CC1. The van der Waals surface area contributed by atoms with Crippen LogP contribution >= 0.6 is 0 Å². The number of carbonyl (C=O) groups excluding carboxylic acids is 2. The Labute approximate surface area is 156 Å². The van der Waals surface area contributed by atoms with Crippen LogP contribution < -0.4 is 0 Å². The second-order valence-corrected chi connectivity index (χ2v) is 6.88. The Kier molecular flexibility index (Phi) is 5.58. The molecule has 2 amide bonds. The van der Waals surface area contributed by atoms with Gasteiger partial charge in [-0.05, 0) is 43.5 Å². The molecule has 1 aliphatic heterocycles. The van der Waals surface area contributed by atoms with E-state index in [-0.39, 0.29) is 23.8 Å². The van der Waals surface area contributed by atoms with Crippen LogP contribution in [0.5, 0.6) is 0 Å². The highest BCUT2D eigenvalue weighted by Gasteiger charge is 2.31. The van der Waals surface area contributed by atoms with Crippen molar-refractivity contribution in [3.05, 3.63) is 59.6 Å². The molecule has 2 aromatic rings. The van der Waals surface area contributed by atoms with Crippen LogP contribution in [0.4, 0.5) is 8.78 Å². The van der Waals surface area contributed by atoms with E-state index < -0.39 is 11.6 Å². The van der Waals surface area contributed by atoms with Gasteiger partial charge in [-0.1, -0.05) is 6.07 Å². The van der Waals surface area contributed by atoms with E-state index in [2.05, 4.69) is 0 Å². The van der Waals surface area contributed by atoms with Gasteiger partial charge in [-0.25, -0.2) is 8.78 Å². The first-order valence-electron chi connectivity index (χ1n) is 8.91. The van der Waals surface area contributed by atoms with Crippen molar-refractivity contribution in [2.24, 2.45) is 5.92 Å². The van der Waals surface area contributed by atoms with E-state index >= 15 is 0 Å². The minimum absolute atomic E-state index is 0.0531. The molecule has 1 aromatic heterocycles. The summed E-state index contributed by atoms with van der Waals surface area (Å²) in [6.45, 7) is 2.77. The van der Waals surface area contributed by atoms with Crippen LogP contribution in [0.2, 0.25) is 0 Å². The summed E-state index contributed by atoms with van der Waals surface area (Å²) in [7, 11) is 1.66. The first-order valence-corrected chi connectivity index (χ1v) is 8.91. The van der Waals surface area contributed by atoms with Crippen molar-refractivity contribution >= 4 is 11.8 Å². The molecule has 5 nitrogen and oxygen atoms in total. The molecular weight excluding hydrogens is 354 g/mol. The standard InChI is InChI=1S/C20H22F2N2O3/c1-13(15-3-4-17(21)18(22)11-15)23(2)19(25)14-5-8-24(9-6-14)20(26)16-7-10-27-12-16/h3-4,7,10-14H,5-6,8-9H2,1-2H3. The molecule has 1 unspecified atom stereocenters. The Hall–Kier alpha value is -2.70. The maximum Gasteiger partial charge on any atom is 0.257 e. The summed E-state index contributed by atoms with van der Waals surface area (Å²) in [6, 6.07) is 4.92. The first kappa shape index (κ1) is 19.1. The molecule has 1 fully saturated rings. The quantitative estimate of drug-likeness (QED) is 0.819. The number of hydrogen-bond acceptors (Lipinski definition) is 3. The predicted octanol–water partition coefficient (Wildman–Crippen LogP) is 3.63. The van der Waals surface area contributed by atoms with Crippen molar-refractivity contribution < 1.29 is 22.8 Å². The van der Waals surface area contributed by atoms with E-state index in [0.717, 1.165) is 12.1 Å². The third-order valence-electron chi connectivity index (χ3n) is 5.25. The number of amides is 2. The summed E-state index contributed by atoms with van der Waals surface area (Å²) in [4.78, 5) is 28.4. The molecule has 0 spiro atoms. The molecule has 7 heteroatoms. The summed E-state index contributed by atoms with van der Waals surface area (Å²) >= 11 is 0. The van der Waals surface area contributed by atoms with Gasteiger partial charge >= 0.3 is 0 Å². The van der Waals surface area contributed by atoms with Gasteiger partial charge in [-0.2, -0.15) is 0 Å². The van der Waals surface area contributed by atoms with E-state index in [1.807, 2.05) is 0 Å². The third kappa shape index (κ3) is 4.02. The fourth-order valence-corrected chi connectivity index (χ4v) is 3.37. The number of nitrogens with zero attached hydrogens (tertiary/aromatic N) is 2. The molecule has 1 atom stereocenters. The van der Waals surface area contributed by atoms with Gasteiger partial charge in [0.1, 0.15) is 6.26 Å². The van der Waals surface area contributed by atoms with Crippen LogP contribution in [0.25, 0.3) is 0 Å². The molecule has 0 N–H and O–H groups in total. The summed E-state index contributed by atoms with van der Waals surface area (Å²) in [5, 5.41) is 0. The van der Waals surface area contributed by atoms with Crippen molar-refractivity contribution in [1.29, 1.82) is 0 Å². The predicted molar refractivity (Wildman–Crippen MR) is 94.9 cm³/mol. The highest BCUT2D eigenvalue weighted by molar-refractivity contribution is 5.94. The lowest BCUT2D eigenvalue weighted by atomic mass is 9.94. The minimum Gasteiger partial charge on any atom is -0.472 e. The molecule has 1 aromatic carbocycles. The average molecular weight is 376 g/mol. The normalized spacial score (nSPS) is 16.2. The molecule has 27 heavy (non-hydrogen) atoms. The van der Waals surface area contributed by atoms with Gasteiger partial charge in [-0.3, -0.25) is 9.59 Å². The molecule has 144 valence electrons. The third-order valence-corrected chi connectivity index (χ3v) is 5.25. The number of rotatable bonds is 4. The monoisotopic (exact) mass is 376 g/mol. The van der Waals surface area contributed by atoms with Crippen LogP contribution in [-0.4, -0.2) is 41.8 Å². The lowest BCUT2D eigenvalue weighted by Gasteiger charge is -2.35. The molecule has 1 saturated heterocycles. The number of piperidine rings is 1. The molecule has 3 rings (SSSR count). The zero-order valence-corrected chi connectivity index (χ0v) is 15.3. The van der Waals surface area contributed by atoms with Crippen LogP contribution in [0.15, 0.2) is 41.2 Å². The van der Waals surface area contributed by atoms with Gasteiger partial charge in [0.25, 0.3) is 5.91 Å². The van der Waals surface area contributed by atoms with Crippen molar-refractivity contribution in [1.82, 2.24) is 9.80 Å². The Morgan fingerprint density at radius 1 is 1.19 bits per heavy atom. The van der Waals surface area contributed by atoms with Gasteiger partial charge in [0, 0.05) is 26.1 Å². The summed E-state index contributed by atoms with van der Waals surface area (Å²) in [6.07, 6.45) is 4.00. The first-order chi connectivity index (χ1) is 12.9. The number of halogens is 2. The second-order valence-electron chi connectivity index (χ2n) is 6.88. The van der Waals surface area contributed by atoms with Crippen molar-refractivity contribution in [2.75, 3.05) is 20.1 Å². The number of benzene rings is 1. The molecule has 1 aliphatic rings. The largest absolute Gasteiger partial charge is 0.472 e. The number of furan rings is 1. The van der Waals surface area contributed by atoms with Crippen LogP contribution in [-0.2, 0) is 4.79 Å². The van der Waals surface area contributed by atoms with E-state index in [9.17, 15) is 18.4 Å². The second kappa shape index (κ2) is 7.90. The average Bonchev–Trinajstić information content (AvgIpc) is 3.22. The van der Waals surface area contributed by atoms with Gasteiger partial charge in [0.15, 0.2) is 11.6 Å². The van der Waals surface area contributed by atoms with E-state index in [0.29, 0.717) is 37.1 Å². The zero-order valence-electron chi connectivity index (χ0n) is 15.3. The minimum atomic E-state index is -0.925. The lowest BCUT2D eigenvalue weighted by Crippen LogP contribution is -2.44. The molecule has 0 aliphatic carbocycles. The molecular formula is C20H22F2N2O3. The van der Waals surface area contributed by atoms with Crippen molar-refractivity contribution in [3.8, 4) is 0 Å². The molecule has 0 saturated carbocycles. The Morgan fingerprint density at radius 2 is 1.89 bits per heavy atom. The number of carbonyl (C=O) groups is 2. The van der Waals surface area contributed by atoms with Crippen LogP contribution in [0.1, 0.15) is 41.7 Å². The highest BCUT2D eigenvalue weighted by Crippen LogP contribution is 2.26. The van der Waals surface area contributed by atoms with Crippen molar-refractivity contribution in [2.45, 2.75) is 25.8 Å². The Balaban J connectivity index is 1.59. The van der Waals surface area contributed by atoms with Gasteiger partial charge in [0.2, 0.25) is 5.91 Å². The number of likely N-dealkylation sites (tertiary alicyclic amines) is 1. The van der Waals surface area contributed by atoms with Crippen LogP contribution in [0.3, 0.4) is 0 Å². The molecule has 0 radical (unpaired) electrons. The Bertz CT molecular complexity index is 815. The van der Waals surface area contributed by atoms with E-state index in [4.69, 9.17) is 4.42 Å². The van der Waals surface area contributed by atoms with Gasteiger partial charge in [-0.15, -0.1) is 0 Å². The van der Waals surface area contributed by atoms with Crippen LogP contribution in [0, 0.1) is 17.6 Å². The van der Waals surface area contributed by atoms with E-state index in [1.165, 1.54) is 18.6 Å². The Morgan fingerprint density at radius 3 is 2.48 bits per heavy atom. The summed E-state index contributed by atoms with van der Waals surface area (Å²) < 4.78 is 31.5. The molecule has 0 bridgehead atoms. The molecule has 2 heterocycles. The summed E-state index contributed by atoms with van der Waals surface area (Å²) in [5.41, 5.74) is 1.04. The smallest absolute Gasteiger partial charge is 0.257 e. The van der Waals surface area contributed by atoms with Gasteiger partial charge < -0.3 is 14.2 Å². The topological polar surface area (TPSA) is 53.8 Å². The lowest BCUT2D eigenvalue weighted by molar-refractivity contribution is -0.137. The summed E-state index contributed by atoms with van der Waals surface area (Å²) in [5.74, 6) is -2.18. The fourth-order valence-electron chi connectivity index (χ4n) is 3.37. The van der Waals surface area contributed by atoms with E-state index in [1.54, 1.807) is 29.8 Å². The zero-order chi connectivity index (χ0) is 19.6. The maximum atomic E-state index is 13.5. The van der Waals surface area contributed by atoms with Gasteiger partial charge in [0.05, 0.1) is 17.9 Å².